The number of ether oxygens (including phenoxy) is 1. The van der Waals surface area contributed by atoms with E-state index in [4.69, 9.17) is 9.72 Å². The minimum absolute atomic E-state index is 0.597. The van der Waals surface area contributed by atoms with Gasteiger partial charge in [0.15, 0.2) is 5.82 Å². The van der Waals surface area contributed by atoms with Gasteiger partial charge in [-0.2, -0.15) is 5.11 Å². The van der Waals surface area contributed by atoms with Crippen molar-refractivity contribution in [2.75, 3.05) is 7.11 Å². The molecule has 2 aromatic carbocycles. The fourth-order valence-corrected chi connectivity index (χ4v) is 2.66. The Hall–Kier alpha value is -3.93. The highest BCUT2D eigenvalue weighted by atomic mass is 16.5. The van der Waals surface area contributed by atoms with Gasteiger partial charge in [0.25, 0.3) is 0 Å². The molecule has 0 saturated heterocycles. The number of hydrogen-bond acceptors (Lipinski definition) is 6. The van der Waals surface area contributed by atoms with Crippen molar-refractivity contribution in [3.05, 3.63) is 85.3 Å². The van der Waals surface area contributed by atoms with E-state index in [9.17, 15) is 0 Å². The van der Waals surface area contributed by atoms with Crippen molar-refractivity contribution in [2.24, 2.45) is 10.2 Å². The lowest BCUT2D eigenvalue weighted by molar-refractivity contribution is 0.415. The van der Waals surface area contributed by atoms with Crippen LogP contribution >= 0.6 is 0 Å². The number of rotatable bonds is 5. The van der Waals surface area contributed by atoms with Gasteiger partial charge in [-0.15, -0.1) is 5.11 Å². The molecule has 0 aliphatic heterocycles. The first kappa shape index (κ1) is 17.5. The minimum atomic E-state index is 0.597. The van der Waals surface area contributed by atoms with Crippen molar-refractivity contribution in [3.8, 4) is 28.4 Å². The molecule has 28 heavy (non-hydrogen) atoms. The molecule has 136 valence electrons. The van der Waals surface area contributed by atoms with Crippen LogP contribution in [-0.2, 0) is 0 Å². The number of aromatic nitrogens is 3. The zero-order valence-electron chi connectivity index (χ0n) is 15.2. The van der Waals surface area contributed by atoms with Crippen LogP contribution in [0.1, 0.15) is 0 Å². The molecule has 2 aromatic heterocycles. The summed E-state index contributed by atoms with van der Waals surface area (Å²) in [5.41, 5.74) is 3.88. The summed E-state index contributed by atoms with van der Waals surface area (Å²) in [7, 11) is 1.63. The molecule has 0 spiro atoms. The second-order valence-corrected chi connectivity index (χ2v) is 5.93. The van der Waals surface area contributed by atoms with E-state index in [2.05, 4.69) is 20.2 Å². The summed E-state index contributed by atoms with van der Waals surface area (Å²) in [5.74, 6) is 1.39. The maximum atomic E-state index is 5.17. The standard InChI is InChI=1S/C22H17N5O/c1-28-19-9-7-18(8-10-19)26-27-20-15-24-22(17-11-13-23-14-12-17)25-21(20)16-5-3-2-4-6-16/h2-15H,1H3. The molecule has 0 radical (unpaired) electrons. The second-order valence-electron chi connectivity index (χ2n) is 5.93. The van der Waals surface area contributed by atoms with E-state index in [1.165, 1.54) is 0 Å². The van der Waals surface area contributed by atoms with E-state index in [-0.39, 0.29) is 0 Å². The molecule has 0 N–H and O–H groups in total. The molecule has 2 heterocycles. The highest BCUT2D eigenvalue weighted by Crippen LogP contribution is 2.31. The summed E-state index contributed by atoms with van der Waals surface area (Å²) in [5, 5.41) is 8.71. The number of methoxy groups -OCH3 is 1. The third-order valence-electron chi connectivity index (χ3n) is 4.10. The summed E-state index contributed by atoms with van der Waals surface area (Å²) < 4.78 is 5.17. The maximum Gasteiger partial charge on any atom is 0.160 e. The average molecular weight is 367 g/mol. The van der Waals surface area contributed by atoms with Crippen LogP contribution in [0.25, 0.3) is 22.6 Å². The van der Waals surface area contributed by atoms with E-state index >= 15 is 0 Å². The minimum Gasteiger partial charge on any atom is -0.497 e. The van der Waals surface area contributed by atoms with Gasteiger partial charge in [-0.25, -0.2) is 9.97 Å². The Bertz CT molecular complexity index is 1080. The van der Waals surface area contributed by atoms with Crippen LogP contribution in [0.5, 0.6) is 5.75 Å². The predicted octanol–water partition coefficient (Wildman–Crippen LogP) is 5.63. The average Bonchev–Trinajstić information content (AvgIpc) is 2.79. The fourth-order valence-electron chi connectivity index (χ4n) is 2.66. The van der Waals surface area contributed by atoms with Crippen molar-refractivity contribution < 1.29 is 4.74 Å². The third kappa shape index (κ3) is 3.91. The maximum absolute atomic E-state index is 5.17. The summed E-state index contributed by atoms with van der Waals surface area (Å²) >= 11 is 0. The smallest absolute Gasteiger partial charge is 0.160 e. The first-order valence-corrected chi connectivity index (χ1v) is 8.72. The van der Waals surface area contributed by atoms with E-state index < -0.39 is 0 Å². The first-order valence-electron chi connectivity index (χ1n) is 8.72. The van der Waals surface area contributed by atoms with Crippen LogP contribution in [0.15, 0.2) is 95.5 Å². The van der Waals surface area contributed by atoms with Gasteiger partial charge in [0.1, 0.15) is 17.1 Å². The van der Waals surface area contributed by atoms with Crippen molar-refractivity contribution >= 4 is 11.4 Å². The van der Waals surface area contributed by atoms with Gasteiger partial charge in [0.2, 0.25) is 0 Å². The molecule has 4 aromatic rings. The molecule has 4 rings (SSSR count). The largest absolute Gasteiger partial charge is 0.497 e. The van der Waals surface area contributed by atoms with E-state index in [1.807, 2.05) is 66.7 Å². The normalized spacial score (nSPS) is 10.9. The molecule has 0 aliphatic rings. The Kier molecular flexibility index (Phi) is 5.11. The van der Waals surface area contributed by atoms with Gasteiger partial charge >= 0.3 is 0 Å². The van der Waals surface area contributed by atoms with Gasteiger partial charge in [-0.1, -0.05) is 30.3 Å². The molecule has 6 heteroatoms. The Morgan fingerprint density at radius 2 is 1.54 bits per heavy atom. The number of benzene rings is 2. The lowest BCUT2D eigenvalue weighted by Crippen LogP contribution is -1.92. The molecular weight excluding hydrogens is 350 g/mol. The fraction of sp³-hybridized carbons (Fsp3) is 0.0455. The van der Waals surface area contributed by atoms with Gasteiger partial charge < -0.3 is 4.74 Å². The van der Waals surface area contributed by atoms with Crippen molar-refractivity contribution in [2.45, 2.75) is 0 Å². The Balaban J connectivity index is 1.74. The molecule has 0 fully saturated rings. The number of azo groups is 1. The van der Waals surface area contributed by atoms with Crippen molar-refractivity contribution in [1.29, 1.82) is 0 Å². The van der Waals surface area contributed by atoms with Gasteiger partial charge in [-0.3, -0.25) is 4.98 Å². The molecular formula is C22H17N5O. The zero-order chi connectivity index (χ0) is 19.2. The number of nitrogens with zero attached hydrogens (tertiary/aromatic N) is 5. The van der Waals surface area contributed by atoms with Crippen LogP contribution in [0.4, 0.5) is 11.4 Å². The highest BCUT2D eigenvalue weighted by Gasteiger charge is 2.11. The van der Waals surface area contributed by atoms with Crippen LogP contribution in [0, 0.1) is 0 Å². The van der Waals surface area contributed by atoms with Crippen LogP contribution in [-0.4, -0.2) is 22.1 Å². The molecule has 0 unspecified atom stereocenters. The SMILES string of the molecule is COc1ccc(N=Nc2cnc(-c3ccncc3)nc2-c2ccccc2)cc1. The molecule has 0 bridgehead atoms. The molecule has 6 nitrogen and oxygen atoms in total. The van der Waals surface area contributed by atoms with Crippen LogP contribution in [0.2, 0.25) is 0 Å². The predicted molar refractivity (Wildman–Crippen MR) is 108 cm³/mol. The zero-order valence-corrected chi connectivity index (χ0v) is 15.2. The van der Waals surface area contributed by atoms with E-state index in [0.29, 0.717) is 11.5 Å². The Morgan fingerprint density at radius 1 is 0.786 bits per heavy atom. The third-order valence-corrected chi connectivity index (χ3v) is 4.10. The Morgan fingerprint density at radius 3 is 2.25 bits per heavy atom. The Labute approximate surface area is 162 Å². The number of pyridine rings is 1. The summed E-state index contributed by atoms with van der Waals surface area (Å²) in [4.78, 5) is 13.2. The molecule has 0 saturated carbocycles. The van der Waals surface area contributed by atoms with E-state index in [0.717, 1.165) is 28.3 Å². The number of hydrogen-bond donors (Lipinski definition) is 0. The van der Waals surface area contributed by atoms with Crippen molar-refractivity contribution in [3.63, 3.8) is 0 Å². The summed E-state index contributed by atoms with van der Waals surface area (Å²) in [6, 6.07) is 21.0. The highest BCUT2D eigenvalue weighted by molar-refractivity contribution is 5.73. The monoisotopic (exact) mass is 367 g/mol. The molecule has 0 amide bonds. The van der Waals surface area contributed by atoms with E-state index in [1.54, 1.807) is 25.7 Å². The molecule has 0 atom stereocenters. The lowest BCUT2D eigenvalue weighted by Gasteiger charge is -2.07. The summed E-state index contributed by atoms with van der Waals surface area (Å²) in [6.45, 7) is 0. The molecule has 0 aliphatic carbocycles. The lowest BCUT2D eigenvalue weighted by atomic mass is 10.1. The van der Waals surface area contributed by atoms with Gasteiger partial charge in [-0.05, 0) is 36.4 Å². The van der Waals surface area contributed by atoms with Crippen molar-refractivity contribution in [1.82, 2.24) is 15.0 Å². The topological polar surface area (TPSA) is 72.6 Å². The van der Waals surface area contributed by atoms with Crippen LogP contribution < -0.4 is 4.74 Å². The first-order chi connectivity index (χ1) is 13.8. The van der Waals surface area contributed by atoms with Crippen LogP contribution in [0.3, 0.4) is 0 Å². The van der Waals surface area contributed by atoms with Gasteiger partial charge in [0, 0.05) is 23.5 Å². The summed E-state index contributed by atoms with van der Waals surface area (Å²) in [6.07, 6.45) is 5.13. The second kappa shape index (κ2) is 8.18. The van der Waals surface area contributed by atoms with Gasteiger partial charge in [0.05, 0.1) is 19.0 Å². The quantitative estimate of drug-likeness (QED) is 0.429.